The van der Waals surface area contributed by atoms with Gasteiger partial charge < -0.3 is 10.4 Å². The number of fused-ring (bicyclic) bond motifs is 1. The van der Waals surface area contributed by atoms with E-state index in [0.717, 1.165) is 18.5 Å². The molecule has 2 N–H and O–H groups in total. The molecule has 17 heavy (non-hydrogen) atoms. The summed E-state index contributed by atoms with van der Waals surface area (Å²) >= 11 is 1.73. The van der Waals surface area contributed by atoms with Crippen LogP contribution in [0.5, 0.6) is 0 Å². The Bertz CT molecular complexity index is 480. The van der Waals surface area contributed by atoms with Crippen LogP contribution in [0.3, 0.4) is 0 Å². The third-order valence-corrected chi connectivity index (χ3v) is 4.00. The van der Waals surface area contributed by atoms with Gasteiger partial charge in [0, 0.05) is 10.7 Å². The fourth-order valence-corrected chi connectivity index (χ4v) is 2.91. The Labute approximate surface area is 106 Å². The minimum atomic E-state index is -0.427. The van der Waals surface area contributed by atoms with Crippen LogP contribution in [0.4, 0.5) is 0 Å². The van der Waals surface area contributed by atoms with Crippen molar-refractivity contribution in [2.45, 2.75) is 32.4 Å². The van der Waals surface area contributed by atoms with Gasteiger partial charge in [-0.15, -0.1) is 11.3 Å². The second kappa shape index (κ2) is 5.63. The van der Waals surface area contributed by atoms with Crippen molar-refractivity contribution in [3.63, 3.8) is 0 Å². The SMILES string of the molecule is CCNC(CC)C(O)c1ccc2sccc2c1. The highest BCUT2D eigenvalue weighted by atomic mass is 32.1. The Balaban J connectivity index is 2.24. The highest BCUT2D eigenvalue weighted by Crippen LogP contribution is 2.26. The molecule has 0 spiro atoms. The van der Waals surface area contributed by atoms with E-state index >= 15 is 0 Å². The van der Waals surface area contributed by atoms with Gasteiger partial charge in [-0.2, -0.15) is 0 Å². The number of aliphatic hydroxyl groups excluding tert-OH is 1. The van der Waals surface area contributed by atoms with Gasteiger partial charge >= 0.3 is 0 Å². The number of benzene rings is 1. The van der Waals surface area contributed by atoms with E-state index in [9.17, 15) is 5.11 Å². The predicted molar refractivity (Wildman–Crippen MR) is 74.5 cm³/mol. The van der Waals surface area contributed by atoms with Gasteiger partial charge in [0.25, 0.3) is 0 Å². The molecule has 0 bridgehead atoms. The summed E-state index contributed by atoms with van der Waals surface area (Å²) in [4.78, 5) is 0. The van der Waals surface area contributed by atoms with Crippen LogP contribution in [0.15, 0.2) is 29.6 Å². The number of likely N-dealkylation sites (N-methyl/N-ethyl adjacent to an activating group) is 1. The highest BCUT2D eigenvalue weighted by Gasteiger charge is 2.18. The first kappa shape index (κ1) is 12.6. The van der Waals surface area contributed by atoms with Crippen molar-refractivity contribution in [1.82, 2.24) is 5.32 Å². The molecule has 0 aliphatic carbocycles. The summed E-state index contributed by atoms with van der Waals surface area (Å²) in [7, 11) is 0. The molecule has 92 valence electrons. The maximum absolute atomic E-state index is 10.3. The van der Waals surface area contributed by atoms with E-state index in [1.807, 2.05) is 6.07 Å². The Morgan fingerprint density at radius 1 is 1.29 bits per heavy atom. The van der Waals surface area contributed by atoms with Crippen molar-refractivity contribution in [1.29, 1.82) is 0 Å². The van der Waals surface area contributed by atoms with Crippen LogP contribution in [-0.2, 0) is 0 Å². The molecule has 1 aromatic carbocycles. The molecule has 2 unspecified atom stereocenters. The van der Waals surface area contributed by atoms with Gasteiger partial charge in [0.05, 0.1) is 6.10 Å². The van der Waals surface area contributed by atoms with Crippen LogP contribution in [0, 0.1) is 0 Å². The molecule has 0 aliphatic rings. The lowest BCUT2D eigenvalue weighted by molar-refractivity contribution is 0.127. The van der Waals surface area contributed by atoms with Crippen molar-refractivity contribution >= 4 is 21.4 Å². The first-order valence-corrected chi connectivity index (χ1v) is 7.02. The number of rotatable bonds is 5. The Kier molecular flexibility index (Phi) is 4.15. The lowest BCUT2D eigenvalue weighted by Crippen LogP contribution is -2.34. The second-order valence-corrected chi connectivity index (χ2v) is 5.18. The van der Waals surface area contributed by atoms with E-state index in [2.05, 4.69) is 42.7 Å². The number of nitrogens with one attached hydrogen (secondary N) is 1. The zero-order valence-electron chi connectivity index (χ0n) is 10.3. The molecule has 2 nitrogen and oxygen atoms in total. The van der Waals surface area contributed by atoms with Gasteiger partial charge in [0.2, 0.25) is 0 Å². The topological polar surface area (TPSA) is 32.3 Å². The molecular weight excluding hydrogens is 230 g/mol. The van der Waals surface area contributed by atoms with Gasteiger partial charge in [-0.3, -0.25) is 0 Å². The summed E-state index contributed by atoms with van der Waals surface area (Å²) in [5.74, 6) is 0. The molecular formula is C14H19NOS. The summed E-state index contributed by atoms with van der Waals surface area (Å²) < 4.78 is 1.28. The summed E-state index contributed by atoms with van der Waals surface area (Å²) in [6.45, 7) is 5.05. The van der Waals surface area contributed by atoms with Crippen LogP contribution in [0.2, 0.25) is 0 Å². The fraction of sp³-hybridized carbons (Fsp3) is 0.429. The first-order chi connectivity index (χ1) is 8.26. The molecule has 0 aliphatic heterocycles. The maximum Gasteiger partial charge on any atom is 0.0943 e. The van der Waals surface area contributed by atoms with Crippen molar-refractivity contribution < 1.29 is 5.11 Å². The van der Waals surface area contributed by atoms with Crippen LogP contribution in [0.25, 0.3) is 10.1 Å². The average molecular weight is 249 g/mol. The van der Waals surface area contributed by atoms with Crippen molar-refractivity contribution in [2.24, 2.45) is 0 Å². The molecule has 1 aromatic heterocycles. The van der Waals surface area contributed by atoms with E-state index in [1.165, 1.54) is 10.1 Å². The van der Waals surface area contributed by atoms with E-state index in [4.69, 9.17) is 0 Å². The third-order valence-electron chi connectivity index (χ3n) is 3.11. The maximum atomic E-state index is 10.3. The molecule has 2 aromatic rings. The van der Waals surface area contributed by atoms with Crippen molar-refractivity contribution in [3.8, 4) is 0 Å². The zero-order valence-corrected chi connectivity index (χ0v) is 11.1. The molecule has 3 heteroatoms. The Morgan fingerprint density at radius 2 is 2.12 bits per heavy atom. The monoisotopic (exact) mass is 249 g/mol. The molecule has 2 rings (SSSR count). The summed E-state index contributed by atoms with van der Waals surface area (Å²) in [6, 6.07) is 8.46. The Morgan fingerprint density at radius 3 is 2.82 bits per heavy atom. The van der Waals surface area contributed by atoms with Crippen LogP contribution in [0.1, 0.15) is 31.9 Å². The third kappa shape index (κ3) is 2.68. The Hall–Kier alpha value is -0.900. The predicted octanol–water partition coefficient (Wildman–Crippen LogP) is 3.32. The van der Waals surface area contributed by atoms with Crippen LogP contribution >= 0.6 is 11.3 Å². The molecule has 0 saturated heterocycles. The lowest BCUT2D eigenvalue weighted by Gasteiger charge is -2.22. The number of aliphatic hydroxyl groups is 1. The highest BCUT2D eigenvalue weighted by molar-refractivity contribution is 7.17. The van der Waals surface area contributed by atoms with E-state index < -0.39 is 6.10 Å². The normalized spacial score (nSPS) is 15.0. The standard InChI is InChI=1S/C14H19NOS/c1-3-12(15-4-2)14(16)11-5-6-13-10(9-11)7-8-17-13/h5-9,12,14-16H,3-4H2,1-2H3. The van der Waals surface area contributed by atoms with Gasteiger partial charge in [0.15, 0.2) is 0 Å². The smallest absolute Gasteiger partial charge is 0.0943 e. The van der Waals surface area contributed by atoms with Gasteiger partial charge in [-0.05, 0) is 47.5 Å². The fourth-order valence-electron chi connectivity index (χ4n) is 2.14. The first-order valence-electron chi connectivity index (χ1n) is 6.14. The van der Waals surface area contributed by atoms with Crippen LogP contribution < -0.4 is 5.32 Å². The molecule has 0 amide bonds. The molecule has 0 fully saturated rings. The molecule has 0 radical (unpaired) electrons. The summed E-state index contributed by atoms with van der Waals surface area (Å²) in [5, 5.41) is 17.0. The van der Waals surface area contributed by atoms with Gasteiger partial charge in [0.1, 0.15) is 0 Å². The number of hydrogen-bond donors (Lipinski definition) is 2. The molecule has 2 atom stereocenters. The van der Waals surface area contributed by atoms with E-state index in [0.29, 0.717) is 0 Å². The largest absolute Gasteiger partial charge is 0.387 e. The van der Waals surface area contributed by atoms with Gasteiger partial charge in [-0.1, -0.05) is 19.9 Å². The number of thiophene rings is 1. The minimum Gasteiger partial charge on any atom is -0.387 e. The van der Waals surface area contributed by atoms with Crippen molar-refractivity contribution in [2.75, 3.05) is 6.54 Å². The quantitative estimate of drug-likeness (QED) is 0.852. The van der Waals surface area contributed by atoms with Gasteiger partial charge in [-0.25, -0.2) is 0 Å². The van der Waals surface area contributed by atoms with E-state index in [-0.39, 0.29) is 6.04 Å². The van der Waals surface area contributed by atoms with Crippen molar-refractivity contribution in [3.05, 3.63) is 35.2 Å². The molecule has 1 heterocycles. The van der Waals surface area contributed by atoms with Crippen LogP contribution in [-0.4, -0.2) is 17.7 Å². The summed E-state index contributed by atoms with van der Waals surface area (Å²) in [5.41, 5.74) is 1.00. The van der Waals surface area contributed by atoms with E-state index in [1.54, 1.807) is 11.3 Å². The zero-order chi connectivity index (χ0) is 12.3. The molecule has 0 saturated carbocycles. The number of hydrogen-bond acceptors (Lipinski definition) is 3. The summed E-state index contributed by atoms with van der Waals surface area (Å²) in [6.07, 6.45) is 0.501. The average Bonchev–Trinajstić information content (AvgIpc) is 2.82. The second-order valence-electron chi connectivity index (χ2n) is 4.24. The minimum absolute atomic E-state index is 0.135. The lowest BCUT2D eigenvalue weighted by atomic mass is 9.99.